The van der Waals surface area contributed by atoms with Crippen molar-refractivity contribution in [1.29, 1.82) is 0 Å². The highest BCUT2D eigenvalue weighted by atomic mass is 79.9. The average Bonchev–Trinajstić information content (AvgIpc) is 2.91. The summed E-state index contributed by atoms with van der Waals surface area (Å²) in [4.78, 5) is 0. The van der Waals surface area contributed by atoms with Gasteiger partial charge in [-0.3, -0.25) is 0 Å². The standard InChI is InChI=1S/C13H8BrF5O2/c14-9-5-2-1-4-8(9)11(20,10-6-3-7-21-10)12(15,16)13(17,18)19/h1-7,20H. The van der Waals surface area contributed by atoms with Crippen molar-refractivity contribution in [2.75, 3.05) is 0 Å². The van der Waals surface area contributed by atoms with Crippen LogP contribution in [0, 0.1) is 0 Å². The molecule has 0 fully saturated rings. The van der Waals surface area contributed by atoms with Gasteiger partial charge in [0.15, 0.2) is 0 Å². The Hall–Kier alpha value is -1.41. The van der Waals surface area contributed by atoms with E-state index in [0.717, 1.165) is 24.5 Å². The molecule has 2 nitrogen and oxygen atoms in total. The number of alkyl halides is 5. The number of aliphatic hydroxyl groups is 1. The summed E-state index contributed by atoms with van der Waals surface area (Å²) in [5.74, 6) is -6.36. The van der Waals surface area contributed by atoms with Gasteiger partial charge in [-0.1, -0.05) is 34.1 Å². The molecule has 0 saturated heterocycles. The van der Waals surface area contributed by atoms with Crippen molar-refractivity contribution in [2.45, 2.75) is 17.7 Å². The lowest BCUT2D eigenvalue weighted by molar-refractivity contribution is -0.339. The van der Waals surface area contributed by atoms with Crippen molar-refractivity contribution < 1.29 is 31.5 Å². The molecule has 1 heterocycles. The Labute approximate surface area is 124 Å². The van der Waals surface area contributed by atoms with Crippen LogP contribution in [0.3, 0.4) is 0 Å². The molecule has 0 bridgehead atoms. The molecule has 114 valence electrons. The molecule has 8 heteroatoms. The van der Waals surface area contributed by atoms with Crippen LogP contribution in [0.1, 0.15) is 11.3 Å². The van der Waals surface area contributed by atoms with Crippen molar-refractivity contribution in [2.24, 2.45) is 0 Å². The third kappa shape index (κ3) is 2.36. The first-order chi connectivity index (χ1) is 9.62. The smallest absolute Gasteiger partial charge is 0.457 e. The number of furan rings is 1. The molecule has 2 aromatic rings. The summed E-state index contributed by atoms with van der Waals surface area (Å²) in [5, 5.41) is 10.3. The lowest BCUT2D eigenvalue weighted by Gasteiger charge is -2.36. The number of hydrogen-bond acceptors (Lipinski definition) is 2. The highest BCUT2D eigenvalue weighted by Crippen LogP contribution is 2.53. The van der Waals surface area contributed by atoms with Gasteiger partial charge in [0.2, 0.25) is 5.60 Å². The Balaban J connectivity index is 2.77. The fraction of sp³-hybridized carbons (Fsp3) is 0.231. The molecule has 0 saturated carbocycles. The van der Waals surface area contributed by atoms with Crippen LogP contribution < -0.4 is 0 Å². The minimum Gasteiger partial charge on any atom is -0.466 e. The van der Waals surface area contributed by atoms with Crippen LogP contribution in [-0.4, -0.2) is 17.2 Å². The molecular weight excluding hydrogens is 363 g/mol. The van der Waals surface area contributed by atoms with Crippen LogP contribution in [0.25, 0.3) is 0 Å². The van der Waals surface area contributed by atoms with Crippen LogP contribution in [0.4, 0.5) is 22.0 Å². The number of benzene rings is 1. The first-order valence-electron chi connectivity index (χ1n) is 5.58. The third-order valence-electron chi connectivity index (χ3n) is 2.95. The van der Waals surface area contributed by atoms with E-state index < -0.39 is 29.0 Å². The van der Waals surface area contributed by atoms with Crippen LogP contribution >= 0.6 is 15.9 Å². The molecule has 0 amide bonds. The minimum atomic E-state index is -5.97. The Morgan fingerprint density at radius 2 is 1.57 bits per heavy atom. The molecule has 0 aliphatic carbocycles. The first-order valence-corrected chi connectivity index (χ1v) is 6.37. The molecule has 0 aliphatic rings. The number of halogens is 6. The second kappa shape index (κ2) is 5.10. The van der Waals surface area contributed by atoms with Crippen molar-refractivity contribution in [3.63, 3.8) is 0 Å². The Bertz CT molecular complexity index is 624. The van der Waals surface area contributed by atoms with E-state index in [-0.39, 0.29) is 4.47 Å². The van der Waals surface area contributed by atoms with Crippen LogP contribution in [0.2, 0.25) is 0 Å². The molecule has 0 spiro atoms. The van der Waals surface area contributed by atoms with Crippen molar-refractivity contribution >= 4 is 15.9 Å². The van der Waals surface area contributed by atoms with Gasteiger partial charge in [0.05, 0.1) is 6.26 Å². The van der Waals surface area contributed by atoms with Gasteiger partial charge >= 0.3 is 12.1 Å². The first kappa shape index (κ1) is 16.0. The van der Waals surface area contributed by atoms with E-state index in [2.05, 4.69) is 20.3 Å². The molecule has 0 aliphatic heterocycles. The van der Waals surface area contributed by atoms with Crippen LogP contribution in [0.5, 0.6) is 0 Å². The molecule has 2 rings (SSSR count). The molecule has 1 aromatic carbocycles. The fourth-order valence-corrected chi connectivity index (χ4v) is 2.47. The summed E-state index contributed by atoms with van der Waals surface area (Å²) in [6, 6.07) is 6.84. The predicted molar refractivity (Wildman–Crippen MR) is 66.9 cm³/mol. The van der Waals surface area contributed by atoms with Gasteiger partial charge in [0.1, 0.15) is 5.76 Å². The SMILES string of the molecule is OC(c1ccco1)(c1ccccc1Br)C(F)(F)C(F)(F)F. The predicted octanol–water partition coefficient (Wildman–Crippen LogP) is 4.48. The summed E-state index contributed by atoms with van der Waals surface area (Å²) in [6.07, 6.45) is -5.06. The maximum atomic E-state index is 14.0. The summed E-state index contributed by atoms with van der Waals surface area (Å²) in [5.41, 5.74) is -4.34. The van der Waals surface area contributed by atoms with E-state index in [1.54, 1.807) is 0 Å². The van der Waals surface area contributed by atoms with Crippen molar-refractivity contribution in [3.8, 4) is 0 Å². The second-order valence-corrected chi connectivity index (χ2v) is 5.09. The second-order valence-electron chi connectivity index (χ2n) is 4.24. The Morgan fingerprint density at radius 1 is 0.952 bits per heavy atom. The van der Waals surface area contributed by atoms with Gasteiger partial charge in [-0.2, -0.15) is 22.0 Å². The van der Waals surface area contributed by atoms with Gasteiger partial charge in [0.25, 0.3) is 0 Å². The quantitative estimate of drug-likeness (QED) is 0.808. The van der Waals surface area contributed by atoms with Crippen LogP contribution in [-0.2, 0) is 5.60 Å². The Kier molecular flexibility index (Phi) is 3.88. The van der Waals surface area contributed by atoms with Gasteiger partial charge in [-0.25, -0.2) is 0 Å². The lowest BCUT2D eigenvalue weighted by Crippen LogP contribution is -2.55. The highest BCUT2D eigenvalue weighted by Gasteiger charge is 2.72. The van der Waals surface area contributed by atoms with E-state index in [1.807, 2.05) is 0 Å². The number of rotatable bonds is 3. The highest BCUT2D eigenvalue weighted by molar-refractivity contribution is 9.10. The average molecular weight is 371 g/mol. The van der Waals surface area contributed by atoms with Gasteiger partial charge in [-0.15, -0.1) is 0 Å². The summed E-state index contributed by atoms with van der Waals surface area (Å²) < 4.78 is 70.8. The zero-order chi connectivity index (χ0) is 15.9. The number of hydrogen-bond donors (Lipinski definition) is 1. The summed E-state index contributed by atoms with van der Waals surface area (Å²) in [6.45, 7) is 0. The van der Waals surface area contributed by atoms with Crippen molar-refractivity contribution in [3.05, 3.63) is 58.5 Å². The van der Waals surface area contributed by atoms with Gasteiger partial charge in [-0.05, 0) is 18.2 Å². The fourth-order valence-electron chi connectivity index (χ4n) is 1.90. The molecular formula is C13H8BrF5O2. The summed E-state index contributed by atoms with van der Waals surface area (Å²) in [7, 11) is 0. The molecule has 0 radical (unpaired) electrons. The maximum Gasteiger partial charge on any atom is 0.457 e. The van der Waals surface area contributed by atoms with Gasteiger partial charge in [0, 0.05) is 10.0 Å². The molecule has 1 N–H and O–H groups in total. The Morgan fingerprint density at radius 3 is 2.05 bits per heavy atom. The van der Waals surface area contributed by atoms with Crippen LogP contribution in [0.15, 0.2) is 51.6 Å². The zero-order valence-corrected chi connectivity index (χ0v) is 11.8. The van der Waals surface area contributed by atoms with E-state index in [9.17, 15) is 27.1 Å². The van der Waals surface area contributed by atoms with E-state index >= 15 is 0 Å². The largest absolute Gasteiger partial charge is 0.466 e. The zero-order valence-electron chi connectivity index (χ0n) is 10.2. The molecule has 1 unspecified atom stereocenters. The normalized spacial score (nSPS) is 15.8. The third-order valence-corrected chi connectivity index (χ3v) is 3.64. The maximum absolute atomic E-state index is 14.0. The topological polar surface area (TPSA) is 33.4 Å². The molecule has 1 atom stereocenters. The monoisotopic (exact) mass is 370 g/mol. The van der Waals surface area contributed by atoms with Gasteiger partial charge < -0.3 is 9.52 Å². The molecule has 21 heavy (non-hydrogen) atoms. The van der Waals surface area contributed by atoms with Crippen molar-refractivity contribution in [1.82, 2.24) is 0 Å². The lowest BCUT2D eigenvalue weighted by atomic mass is 9.84. The molecule has 1 aromatic heterocycles. The summed E-state index contributed by atoms with van der Waals surface area (Å²) >= 11 is 2.87. The van der Waals surface area contributed by atoms with E-state index in [0.29, 0.717) is 0 Å². The minimum absolute atomic E-state index is 0.104. The van der Waals surface area contributed by atoms with E-state index in [4.69, 9.17) is 0 Å². The van der Waals surface area contributed by atoms with E-state index in [1.165, 1.54) is 18.2 Å².